The van der Waals surface area contributed by atoms with Gasteiger partial charge in [0.05, 0.1) is 12.2 Å². The van der Waals surface area contributed by atoms with Gasteiger partial charge in [0.15, 0.2) is 4.87 Å². The summed E-state index contributed by atoms with van der Waals surface area (Å²) in [7, 11) is 0. The third-order valence-corrected chi connectivity index (χ3v) is 6.14. The van der Waals surface area contributed by atoms with E-state index in [1.165, 1.54) is 0 Å². The first-order valence-corrected chi connectivity index (χ1v) is 9.11. The highest BCUT2D eigenvalue weighted by Crippen LogP contribution is 2.57. The summed E-state index contributed by atoms with van der Waals surface area (Å²) in [5, 5.41) is 3.50. The number of hydrogen-bond acceptors (Lipinski definition) is 3. The standard InChI is InChI=1S/C21H16N2OS/c24-20-21(22-17-11-5-7-13-19(17)25-21)16-10-4-6-12-18(16)23(20)14-15-8-2-1-3-9-15/h1-13,22H,14H2. The van der Waals surface area contributed by atoms with E-state index in [0.717, 1.165) is 27.4 Å². The highest BCUT2D eigenvalue weighted by Gasteiger charge is 2.54. The van der Waals surface area contributed by atoms with Gasteiger partial charge in [-0.3, -0.25) is 4.79 Å². The van der Waals surface area contributed by atoms with Crippen molar-refractivity contribution in [2.24, 2.45) is 0 Å². The smallest absolute Gasteiger partial charge is 0.268 e. The normalized spacial score (nSPS) is 20.5. The van der Waals surface area contributed by atoms with Crippen LogP contribution in [0.4, 0.5) is 11.4 Å². The predicted octanol–water partition coefficient (Wildman–Crippen LogP) is 4.60. The molecule has 0 aromatic heterocycles. The number of rotatable bonds is 2. The van der Waals surface area contributed by atoms with Crippen molar-refractivity contribution < 1.29 is 4.79 Å². The van der Waals surface area contributed by atoms with Gasteiger partial charge < -0.3 is 10.2 Å². The van der Waals surface area contributed by atoms with Crippen LogP contribution in [-0.2, 0) is 16.2 Å². The van der Waals surface area contributed by atoms with Gasteiger partial charge in [-0.25, -0.2) is 0 Å². The predicted molar refractivity (Wildman–Crippen MR) is 102 cm³/mol. The molecule has 2 heterocycles. The third-order valence-electron chi connectivity index (χ3n) is 4.76. The molecule has 0 fully saturated rings. The first kappa shape index (κ1) is 14.6. The topological polar surface area (TPSA) is 32.3 Å². The zero-order chi connectivity index (χ0) is 16.9. The van der Waals surface area contributed by atoms with E-state index < -0.39 is 4.87 Å². The number of nitrogens with zero attached hydrogens (tertiary/aromatic N) is 1. The lowest BCUT2D eigenvalue weighted by Crippen LogP contribution is -2.41. The zero-order valence-corrected chi connectivity index (χ0v) is 14.3. The molecule has 1 atom stereocenters. The minimum atomic E-state index is -0.755. The summed E-state index contributed by atoms with van der Waals surface area (Å²) < 4.78 is 0. The minimum Gasteiger partial charge on any atom is -0.358 e. The molecular formula is C21H16N2OS. The molecule has 3 aromatic carbocycles. The van der Waals surface area contributed by atoms with Crippen molar-refractivity contribution in [3.05, 3.63) is 90.0 Å². The Hall–Kier alpha value is -2.72. The molecule has 3 aromatic rings. The summed E-state index contributed by atoms with van der Waals surface area (Å²) in [6, 6.07) is 26.3. The molecule has 2 aliphatic heterocycles. The van der Waals surface area contributed by atoms with Crippen LogP contribution in [0.25, 0.3) is 0 Å². The lowest BCUT2D eigenvalue weighted by molar-refractivity contribution is -0.119. The Labute approximate surface area is 150 Å². The van der Waals surface area contributed by atoms with Crippen LogP contribution in [0.2, 0.25) is 0 Å². The van der Waals surface area contributed by atoms with E-state index in [0.29, 0.717) is 6.54 Å². The van der Waals surface area contributed by atoms with Crippen molar-refractivity contribution in [3.8, 4) is 0 Å². The van der Waals surface area contributed by atoms with E-state index in [1.807, 2.05) is 59.5 Å². The second kappa shape index (κ2) is 5.39. The Morgan fingerprint density at radius 1 is 0.880 bits per heavy atom. The number of para-hydroxylation sites is 2. The molecule has 0 saturated carbocycles. The van der Waals surface area contributed by atoms with Gasteiger partial charge in [0.1, 0.15) is 0 Å². The average Bonchev–Trinajstić information content (AvgIpc) is 3.15. The maximum absolute atomic E-state index is 13.5. The van der Waals surface area contributed by atoms with Gasteiger partial charge in [-0.15, -0.1) is 0 Å². The molecule has 0 saturated heterocycles. The molecule has 0 bridgehead atoms. The van der Waals surface area contributed by atoms with Crippen LogP contribution in [0.1, 0.15) is 11.1 Å². The van der Waals surface area contributed by atoms with Crippen LogP contribution >= 0.6 is 11.8 Å². The van der Waals surface area contributed by atoms with Gasteiger partial charge in [0.2, 0.25) is 0 Å². The first-order valence-electron chi connectivity index (χ1n) is 8.29. The Morgan fingerprint density at radius 3 is 2.44 bits per heavy atom. The lowest BCUT2D eigenvalue weighted by Gasteiger charge is -2.24. The van der Waals surface area contributed by atoms with Crippen molar-refractivity contribution in [2.45, 2.75) is 16.3 Å². The SMILES string of the molecule is O=C1N(Cc2ccccc2)c2ccccc2C12Nc1ccccc1S2. The molecule has 2 aliphatic rings. The van der Waals surface area contributed by atoms with Gasteiger partial charge in [-0.05, 0) is 23.8 Å². The molecule has 0 radical (unpaired) electrons. The van der Waals surface area contributed by atoms with E-state index in [9.17, 15) is 4.79 Å². The Kier molecular flexibility index (Phi) is 3.15. The highest BCUT2D eigenvalue weighted by molar-refractivity contribution is 8.01. The lowest BCUT2D eigenvalue weighted by atomic mass is 10.1. The largest absolute Gasteiger partial charge is 0.358 e. The van der Waals surface area contributed by atoms with E-state index in [-0.39, 0.29) is 5.91 Å². The molecule has 1 spiro atoms. The van der Waals surface area contributed by atoms with Crippen LogP contribution in [0.15, 0.2) is 83.8 Å². The van der Waals surface area contributed by atoms with Gasteiger partial charge >= 0.3 is 0 Å². The van der Waals surface area contributed by atoms with Gasteiger partial charge in [0, 0.05) is 16.1 Å². The molecule has 3 nitrogen and oxygen atoms in total. The second-order valence-electron chi connectivity index (χ2n) is 6.30. The number of thioether (sulfide) groups is 1. The monoisotopic (exact) mass is 344 g/mol. The summed E-state index contributed by atoms with van der Waals surface area (Å²) in [4.78, 5) is 15.8. The summed E-state index contributed by atoms with van der Waals surface area (Å²) in [5.74, 6) is 0.0961. The summed E-state index contributed by atoms with van der Waals surface area (Å²) in [5.41, 5.74) is 4.18. The number of carbonyl (C=O) groups is 1. The Balaban J connectivity index is 1.60. The molecule has 122 valence electrons. The van der Waals surface area contributed by atoms with Gasteiger partial charge in [0.25, 0.3) is 5.91 Å². The molecule has 1 amide bonds. The summed E-state index contributed by atoms with van der Waals surface area (Å²) >= 11 is 1.61. The molecule has 0 aliphatic carbocycles. The van der Waals surface area contributed by atoms with Crippen LogP contribution < -0.4 is 10.2 Å². The fraction of sp³-hybridized carbons (Fsp3) is 0.0952. The molecular weight excluding hydrogens is 328 g/mol. The van der Waals surface area contributed by atoms with Crippen molar-refractivity contribution in [1.82, 2.24) is 0 Å². The fourth-order valence-electron chi connectivity index (χ4n) is 3.60. The van der Waals surface area contributed by atoms with E-state index in [2.05, 4.69) is 29.6 Å². The zero-order valence-electron chi connectivity index (χ0n) is 13.5. The fourth-order valence-corrected chi connectivity index (χ4v) is 4.95. The van der Waals surface area contributed by atoms with Crippen molar-refractivity contribution in [3.63, 3.8) is 0 Å². The number of nitrogens with one attached hydrogen (secondary N) is 1. The Bertz CT molecular complexity index is 945. The third kappa shape index (κ3) is 2.11. The first-order chi connectivity index (χ1) is 12.3. The summed E-state index contributed by atoms with van der Waals surface area (Å²) in [6.07, 6.45) is 0. The van der Waals surface area contributed by atoms with Gasteiger partial charge in [-0.1, -0.05) is 72.4 Å². The molecule has 25 heavy (non-hydrogen) atoms. The van der Waals surface area contributed by atoms with Crippen LogP contribution in [0, 0.1) is 0 Å². The van der Waals surface area contributed by atoms with E-state index in [4.69, 9.17) is 0 Å². The second-order valence-corrected chi connectivity index (χ2v) is 7.55. The van der Waals surface area contributed by atoms with E-state index >= 15 is 0 Å². The van der Waals surface area contributed by atoms with Crippen LogP contribution in [0.3, 0.4) is 0 Å². The molecule has 1 N–H and O–H groups in total. The number of carbonyl (C=O) groups excluding carboxylic acids is 1. The molecule has 4 heteroatoms. The number of hydrogen-bond donors (Lipinski definition) is 1. The van der Waals surface area contributed by atoms with Crippen molar-refractivity contribution >= 4 is 29.0 Å². The number of anilines is 2. The Morgan fingerprint density at radius 2 is 1.60 bits per heavy atom. The van der Waals surface area contributed by atoms with Crippen molar-refractivity contribution in [1.29, 1.82) is 0 Å². The minimum absolute atomic E-state index is 0.0961. The van der Waals surface area contributed by atoms with E-state index in [1.54, 1.807) is 11.8 Å². The quantitative estimate of drug-likeness (QED) is 0.737. The number of fused-ring (bicyclic) bond motifs is 3. The van der Waals surface area contributed by atoms with Crippen LogP contribution in [-0.4, -0.2) is 5.91 Å². The molecule has 5 rings (SSSR count). The maximum atomic E-state index is 13.5. The number of benzene rings is 3. The summed E-state index contributed by atoms with van der Waals surface area (Å²) in [6.45, 7) is 0.580. The maximum Gasteiger partial charge on any atom is 0.268 e. The number of amides is 1. The van der Waals surface area contributed by atoms with Crippen molar-refractivity contribution in [2.75, 3.05) is 10.2 Å². The highest BCUT2D eigenvalue weighted by atomic mass is 32.2. The van der Waals surface area contributed by atoms with Crippen LogP contribution in [0.5, 0.6) is 0 Å². The van der Waals surface area contributed by atoms with Gasteiger partial charge in [-0.2, -0.15) is 0 Å². The average molecular weight is 344 g/mol. The molecule has 1 unspecified atom stereocenters.